The summed E-state index contributed by atoms with van der Waals surface area (Å²) in [6.07, 6.45) is -0.308. The molecule has 1 aliphatic heterocycles. The molecule has 1 aliphatic rings. The highest BCUT2D eigenvalue weighted by Gasteiger charge is 2.32. The van der Waals surface area contributed by atoms with E-state index in [2.05, 4.69) is 0 Å². The first-order chi connectivity index (χ1) is 9.89. The molecule has 1 aromatic carbocycles. The van der Waals surface area contributed by atoms with Gasteiger partial charge >= 0.3 is 0 Å². The number of nitrogens with two attached hydrogens (primary N) is 1. The van der Waals surface area contributed by atoms with Gasteiger partial charge < -0.3 is 15.9 Å². The standard InChI is InChI=1S/C14H22N2O4S/c15-12-3-1-11(2-4-12)7-16(8-14(18)9-17)13-5-6-21(19,20)10-13/h1-4,13-14,17-18H,5-10,15H2/t13-,14-/m0/s1. The van der Waals surface area contributed by atoms with Crippen LogP contribution in [0.25, 0.3) is 0 Å². The summed E-state index contributed by atoms with van der Waals surface area (Å²) in [6.45, 7) is 0.441. The molecular formula is C14H22N2O4S. The van der Waals surface area contributed by atoms with Crippen LogP contribution in [-0.4, -0.2) is 60.3 Å². The molecule has 2 atom stereocenters. The van der Waals surface area contributed by atoms with E-state index in [4.69, 9.17) is 10.8 Å². The molecule has 1 heterocycles. The Labute approximate surface area is 125 Å². The first-order valence-corrected chi connectivity index (χ1v) is 8.79. The van der Waals surface area contributed by atoms with E-state index in [0.717, 1.165) is 5.56 Å². The quantitative estimate of drug-likeness (QED) is 0.618. The van der Waals surface area contributed by atoms with Gasteiger partial charge in [0.15, 0.2) is 9.84 Å². The van der Waals surface area contributed by atoms with Gasteiger partial charge in [-0.05, 0) is 24.1 Å². The Morgan fingerprint density at radius 3 is 2.52 bits per heavy atom. The number of nitrogens with zero attached hydrogens (tertiary/aromatic N) is 1. The second kappa shape index (κ2) is 6.74. The second-order valence-electron chi connectivity index (χ2n) is 5.56. The molecule has 1 aromatic rings. The van der Waals surface area contributed by atoms with Crippen LogP contribution in [0.4, 0.5) is 5.69 Å². The second-order valence-corrected chi connectivity index (χ2v) is 7.79. The Kier molecular flexibility index (Phi) is 5.21. The highest BCUT2D eigenvalue weighted by molar-refractivity contribution is 7.91. The lowest BCUT2D eigenvalue weighted by Gasteiger charge is -2.29. The third-order valence-electron chi connectivity index (χ3n) is 3.75. The van der Waals surface area contributed by atoms with Crippen molar-refractivity contribution in [2.24, 2.45) is 0 Å². The lowest BCUT2D eigenvalue weighted by Crippen LogP contribution is -2.41. The van der Waals surface area contributed by atoms with Crippen LogP contribution in [0, 0.1) is 0 Å². The van der Waals surface area contributed by atoms with E-state index in [0.29, 0.717) is 18.7 Å². The third kappa shape index (κ3) is 4.67. The van der Waals surface area contributed by atoms with Gasteiger partial charge in [-0.3, -0.25) is 4.90 Å². The van der Waals surface area contributed by atoms with Gasteiger partial charge in [-0.2, -0.15) is 0 Å². The molecule has 0 aliphatic carbocycles. The summed E-state index contributed by atoms with van der Waals surface area (Å²) in [5.41, 5.74) is 7.32. The minimum atomic E-state index is -2.99. The van der Waals surface area contributed by atoms with Crippen LogP contribution in [-0.2, 0) is 16.4 Å². The van der Waals surface area contributed by atoms with Gasteiger partial charge in [-0.25, -0.2) is 8.42 Å². The Hall–Kier alpha value is -1.15. The summed E-state index contributed by atoms with van der Waals surface area (Å²) in [5.74, 6) is 0.297. The predicted molar refractivity (Wildman–Crippen MR) is 81.4 cm³/mol. The number of rotatable bonds is 6. The SMILES string of the molecule is Nc1ccc(CN(C[C@H](O)CO)[C@H]2CCS(=O)(=O)C2)cc1. The van der Waals surface area contributed by atoms with Crippen LogP contribution >= 0.6 is 0 Å². The topological polar surface area (TPSA) is 104 Å². The first-order valence-electron chi connectivity index (χ1n) is 6.97. The van der Waals surface area contributed by atoms with Crippen molar-refractivity contribution in [3.8, 4) is 0 Å². The van der Waals surface area contributed by atoms with Gasteiger partial charge in [0.2, 0.25) is 0 Å². The smallest absolute Gasteiger partial charge is 0.151 e. The fraction of sp³-hybridized carbons (Fsp3) is 0.571. The number of aliphatic hydroxyl groups is 2. The van der Waals surface area contributed by atoms with Crippen molar-refractivity contribution >= 4 is 15.5 Å². The van der Waals surface area contributed by atoms with Crippen LogP contribution in [0.15, 0.2) is 24.3 Å². The van der Waals surface area contributed by atoms with E-state index in [-0.39, 0.29) is 30.7 Å². The summed E-state index contributed by atoms with van der Waals surface area (Å²) < 4.78 is 23.3. The average Bonchev–Trinajstić information content (AvgIpc) is 2.80. The Morgan fingerprint density at radius 1 is 1.33 bits per heavy atom. The van der Waals surface area contributed by atoms with E-state index >= 15 is 0 Å². The molecule has 2 rings (SSSR count). The minimum absolute atomic E-state index is 0.111. The molecule has 0 saturated carbocycles. The minimum Gasteiger partial charge on any atom is -0.399 e. The van der Waals surface area contributed by atoms with E-state index in [9.17, 15) is 13.5 Å². The van der Waals surface area contributed by atoms with Crippen LogP contribution < -0.4 is 5.73 Å². The van der Waals surface area contributed by atoms with E-state index in [1.165, 1.54) is 0 Å². The van der Waals surface area contributed by atoms with Gasteiger partial charge in [0.25, 0.3) is 0 Å². The number of sulfone groups is 1. The summed E-state index contributed by atoms with van der Waals surface area (Å²) in [5, 5.41) is 18.7. The van der Waals surface area contributed by atoms with E-state index in [1.807, 2.05) is 17.0 Å². The number of benzene rings is 1. The zero-order valence-corrected chi connectivity index (χ0v) is 12.7. The maximum Gasteiger partial charge on any atom is 0.151 e. The van der Waals surface area contributed by atoms with Gasteiger partial charge in [0, 0.05) is 24.8 Å². The molecule has 21 heavy (non-hydrogen) atoms. The van der Waals surface area contributed by atoms with Crippen molar-refractivity contribution in [1.82, 2.24) is 4.90 Å². The molecule has 0 unspecified atom stereocenters. The van der Waals surface area contributed by atoms with Gasteiger partial charge in [-0.15, -0.1) is 0 Å². The molecular weight excluding hydrogens is 292 g/mol. The maximum atomic E-state index is 11.6. The fourth-order valence-corrected chi connectivity index (χ4v) is 4.35. The molecule has 0 aromatic heterocycles. The molecule has 0 amide bonds. The van der Waals surface area contributed by atoms with Crippen LogP contribution in [0.3, 0.4) is 0 Å². The van der Waals surface area contributed by atoms with Gasteiger partial charge in [-0.1, -0.05) is 12.1 Å². The summed E-state index contributed by atoms with van der Waals surface area (Å²) >= 11 is 0. The summed E-state index contributed by atoms with van der Waals surface area (Å²) in [7, 11) is -2.99. The van der Waals surface area contributed by atoms with Crippen molar-refractivity contribution in [3.05, 3.63) is 29.8 Å². The van der Waals surface area contributed by atoms with Crippen molar-refractivity contribution in [1.29, 1.82) is 0 Å². The van der Waals surface area contributed by atoms with E-state index in [1.54, 1.807) is 12.1 Å². The molecule has 1 fully saturated rings. The van der Waals surface area contributed by atoms with E-state index < -0.39 is 15.9 Å². The summed E-state index contributed by atoms with van der Waals surface area (Å²) in [6, 6.07) is 7.24. The maximum absolute atomic E-state index is 11.6. The first kappa shape index (κ1) is 16.2. The predicted octanol–water partition coefficient (Wildman–Crippen LogP) is -0.389. The molecule has 118 valence electrons. The Balaban J connectivity index is 2.10. The largest absolute Gasteiger partial charge is 0.399 e. The van der Waals surface area contributed by atoms with Crippen molar-refractivity contribution < 1.29 is 18.6 Å². The number of nitrogen functional groups attached to an aromatic ring is 1. The van der Waals surface area contributed by atoms with Crippen LogP contribution in [0.1, 0.15) is 12.0 Å². The molecule has 4 N–H and O–H groups in total. The Bertz CT molecular complexity index is 559. The lowest BCUT2D eigenvalue weighted by molar-refractivity contribution is 0.0447. The molecule has 6 nitrogen and oxygen atoms in total. The molecule has 0 radical (unpaired) electrons. The fourth-order valence-electron chi connectivity index (χ4n) is 2.59. The number of hydrogen-bond donors (Lipinski definition) is 3. The Morgan fingerprint density at radius 2 is 2.00 bits per heavy atom. The number of anilines is 1. The van der Waals surface area contributed by atoms with Crippen molar-refractivity contribution in [2.45, 2.75) is 25.1 Å². The van der Waals surface area contributed by atoms with Crippen molar-refractivity contribution in [3.63, 3.8) is 0 Å². The molecule has 0 spiro atoms. The molecule has 0 bridgehead atoms. The monoisotopic (exact) mass is 314 g/mol. The zero-order valence-electron chi connectivity index (χ0n) is 11.9. The summed E-state index contributed by atoms with van der Waals surface area (Å²) in [4.78, 5) is 1.93. The number of aliphatic hydroxyl groups excluding tert-OH is 2. The lowest BCUT2D eigenvalue weighted by atomic mass is 10.1. The third-order valence-corrected chi connectivity index (χ3v) is 5.50. The van der Waals surface area contributed by atoms with Crippen molar-refractivity contribution in [2.75, 3.05) is 30.4 Å². The van der Waals surface area contributed by atoms with Crippen LogP contribution in [0.2, 0.25) is 0 Å². The zero-order chi connectivity index (χ0) is 15.5. The molecule has 7 heteroatoms. The van der Waals surface area contributed by atoms with Gasteiger partial charge in [0.05, 0.1) is 24.2 Å². The molecule has 1 saturated heterocycles. The normalized spacial score (nSPS) is 22.5. The van der Waals surface area contributed by atoms with Gasteiger partial charge in [0.1, 0.15) is 0 Å². The highest BCUT2D eigenvalue weighted by atomic mass is 32.2. The highest BCUT2D eigenvalue weighted by Crippen LogP contribution is 2.20. The number of hydrogen-bond acceptors (Lipinski definition) is 6. The average molecular weight is 314 g/mol. The van der Waals surface area contributed by atoms with Crippen LogP contribution in [0.5, 0.6) is 0 Å².